The maximum Gasteiger partial charge on any atom is 0.276 e. The molecule has 6 nitrogen and oxygen atoms in total. The van der Waals surface area contributed by atoms with Crippen molar-refractivity contribution in [2.45, 2.75) is 13.0 Å². The molecule has 0 radical (unpaired) electrons. The van der Waals surface area contributed by atoms with Crippen molar-refractivity contribution in [1.29, 1.82) is 0 Å². The van der Waals surface area contributed by atoms with Crippen molar-refractivity contribution in [2.24, 2.45) is 5.14 Å². The summed E-state index contributed by atoms with van der Waals surface area (Å²) in [5.74, 6) is -0.284. The number of nitrogens with two attached hydrogens (primary N) is 1. The van der Waals surface area contributed by atoms with Gasteiger partial charge in [-0.15, -0.1) is 0 Å². The number of hydrogen-bond donors (Lipinski definition) is 1. The van der Waals surface area contributed by atoms with Crippen molar-refractivity contribution < 1.29 is 12.8 Å². The Hall–Kier alpha value is -1.61. The zero-order chi connectivity index (χ0) is 16.4. The van der Waals surface area contributed by atoms with E-state index in [4.69, 9.17) is 5.14 Å². The van der Waals surface area contributed by atoms with Crippen molar-refractivity contribution >= 4 is 21.1 Å². The summed E-state index contributed by atoms with van der Waals surface area (Å²) in [6, 6.07) is 6.62. The van der Waals surface area contributed by atoms with Gasteiger partial charge in [0.2, 0.25) is 0 Å². The maximum absolute atomic E-state index is 13.9. The second kappa shape index (κ2) is 6.48. The van der Waals surface area contributed by atoms with Crippen LogP contribution < -0.4 is 5.14 Å². The van der Waals surface area contributed by atoms with Gasteiger partial charge in [0.25, 0.3) is 10.2 Å². The molecule has 0 unspecified atom stereocenters. The molecular weight excluding hydrogens is 319 g/mol. The molecule has 1 saturated heterocycles. The third-order valence-corrected chi connectivity index (χ3v) is 5.19. The van der Waals surface area contributed by atoms with Crippen LogP contribution in [-0.2, 0) is 16.8 Å². The highest BCUT2D eigenvalue weighted by molar-refractivity contribution is 7.86. The zero-order valence-corrected chi connectivity index (χ0v) is 13.5. The molecule has 1 aliphatic heterocycles. The highest BCUT2D eigenvalue weighted by atomic mass is 32.2. The molecule has 1 aromatic carbocycles. The summed E-state index contributed by atoms with van der Waals surface area (Å²) in [5.41, 5.74) is 1.59. The number of fused-ring (bicyclic) bond motifs is 1. The van der Waals surface area contributed by atoms with Gasteiger partial charge in [-0.25, -0.2) is 9.53 Å². The van der Waals surface area contributed by atoms with Crippen LogP contribution in [0.15, 0.2) is 30.5 Å². The van der Waals surface area contributed by atoms with Crippen molar-refractivity contribution in [3.05, 3.63) is 41.8 Å². The van der Waals surface area contributed by atoms with Crippen LogP contribution >= 0.6 is 0 Å². The maximum atomic E-state index is 13.9. The fraction of sp³-hybridized carbons (Fsp3) is 0.400. The first-order valence-corrected chi connectivity index (χ1v) is 8.98. The number of benzene rings is 1. The number of rotatable bonds is 3. The van der Waals surface area contributed by atoms with Gasteiger partial charge in [0.05, 0.1) is 5.52 Å². The number of pyridine rings is 1. The van der Waals surface area contributed by atoms with Gasteiger partial charge in [-0.05, 0) is 36.7 Å². The smallest absolute Gasteiger partial charge is 0.276 e. The molecule has 2 N–H and O–H groups in total. The van der Waals surface area contributed by atoms with Crippen LogP contribution in [0.25, 0.3) is 10.9 Å². The van der Waals surface area contributed by atoms with E-state index >= 15 is 0 Å². The molecule has 23 heavy (non-hydrogen) atoms. The van der Waals surface area contributed by atoms with E-state index in [1.165, 1.54) is 10.4 Å². The van der Waals surface area contributed by atoms with Crippen LogP contribution in [0.4, 0.5) is 4.39 Å². The molecule has 0 saturated carbocycles. The lowest BCUT2D eigenvalue weighted by Crippen LogP contribution is -2.39. The van der Waals surface area contributed by atoms with E-state index in [9.17, 15) is 12.8 Å². The summed E-state index contributed by atoms with van der Waals surface area (Å²) in [6.07, 6.45) is 2.36. The molecule has 0 atom stereocenters. The number of nitrogens with zero attached hydrogens (tertiary/aromatic N) is 3. The van der Waals surface area contributed by atoms with Crippen LogP contribution in [0.5, 0.6) is 0 Å². The molecule has 2 aromatic rings. The first-order chi connectivity index (χ1) is 10.9. The van der Waals surface area contributed by atoms with E-state index in [1.807, 2.05) is 0 Å². The van der Waals surface area contributed by atoms with Crippen LogP contribution in [0.3, 0.4) is 0 Å². The average molecular weight is 338 g/mol. The van der Waals surface area contributed by atoms with Crippen LogP contribution in [0, 0.1) is 5.82 Å². The third kappa shape index (κ3) is 3.66. The average Bonchev–Trinajstić information content (AvgIpc) is 2.76. The summed E-state index contributed by atoms with van der Waals surface area (Å²) in [5, 5.41) is 5.70. The minimum Gasteiger partial charge on any atom is -0.298 e. The topological polar surface area (TPSA) is 79.5 Å². The van der Waals surface area contributed by atoms with E-state index < -0.39 is 10.2 Å². The Morgan fingerprint density at radius 2 is 2.00 bits per heavy atom. The fourth-order valence-corrected chi connectivity index (χ4v) is 3.64. The minimum atomic E-state index is -3.64. The van der Waals surface area contributed by atoms with E-state index in [0.717, 1.165) is 12.1 Å². The monoisotopic (exact) mass is 338 g/mol. The van der Waals surface area contributed by atoms with Gasteiger partial charge in [-0.3, -0.25) is 9.88 Å². The van der Waals surface area contributed by atoms with Crippen molar-refractivity contribution in [1.82, 2.24) is 14.2 Å². The highest BCUT2D eigenvalue weighted by Gasteiger charge is 2.22. The Morgan fingerprint density at radius 1 is 1.17 bits per heavy atom. The van der Waals surface area contributed by atoms with Gasteiger partial charge in [0.1, 0.15) is 5.82 Å². The second-order valence-electron chi connectivity index (χ2n) is 5.68. The van der Waals surface area contributed by atoms with Crippen molar-refractivity contribution in [3.63, 3.8) is 0 Å². The van der Waals surface area contributed by atoms with Gasteiger partial charge in [0, 0.05) is 37.8 Å². The minimum absolute atomic E-state index is 0.284. The Balaban J connectivity index is 1.79. The van der Waals surface area contributed by atoms with E-state index in [0.29, 0.717) is 43.5 Å². The second-order valence-corrected chi connectivity index (χ2v) is 7.23. The summed E-state index contributed by atoms with van der Waals surface area (Å²) in [7, 11) is -3.64. The van der Waals surface area contributed by atoms with Gasteiger partial charge >= 0.3 is 0 Å². The molecule has 1 aliphatic rings. The molecule has 0 aliphatic carbocycles. The van der Waals surface area contributed by atoms with Gasteiger partial charge in [0.15, 0.2) is 0 Å². The lowest BCUT2D eigenvalue weighted by Gasteiger charge is -2.21. The zero-order valence-electron chi connectivity index (χ0n) is 12.7. The molecule has 3 rings (SSSR count). The number of aromatic nitrogens is 1. The first-order valence-electron chi connectivity index (χ1n) is 7.47. The molecular formula is C15H19FN4O2S. The summed E-state index contributed by atoms with van der Waals surface area (Å²) >= 11 is 0. The SMILES string of the molecule is NS(=O)(=O)N1CCCN(Cc2ccc(F)c3cccnc23)CC1. The normalized spacial score (nSPS) is 18.2. The molecule has 0 bridgehead atoms. The number of halogens is 1. The molecule has 0 spiro atoms. The fourth-order valence-electron chi connectivity index (χ4n) is 2.92. The Labute approximate surface area is 134 Å². The molecule has 0 amide bonds. The lowest BCUT2D eigenvalue weighted by molar-refractivity contribution is 0.279. The largest absolute Gasteiger partial charge is 0.298 e. The first kappa shape index (κ1) is 16.3. The molecule has 124 valence electrons. The summed E-state index contributed by atoms with van der Waals surface area (Å²) in [6.45, 7) is 2.75. The van der Waals surface area contributed by atoms with Gasteiger partial charge in [-0.2, -0.15) is 12.7 Å². The van der Waals surface area contributed by atoms with E-state index in [2.05, 4.69) is 9.88 Å². The predicted octanol–water partition coefficient (Wildman–Crippen LogP) is 1.09. The summed E-state index contributed by atoms with van der Waals surface area (Å²) in [4.78, 5) is 6.44. The third-order valence-electron chi connectivity index (χ3n) is 4.10. The van der Waals surface area contributed by atoms with Crippen LogP contribution in [0.1, 0.15) is 12.0 Å². The van der Waals surface area contributed by atoms with Gasteiger partial charge < -0.3 is 0 Å². The molecule has 8 heteroatoms. The quantitative estimate of drug-likeness (QED) is 0.908. The van der Waals surface area contributed by atoms with E-state index in [-0.39, 0.29) is 5.82 Å². The van der Waals surface area contributed by atoms with Crippen molar-refractivity contribution in [2.75, 3.05) is 26.2 Å². The van der Waals surface area contributed by atoms with E-state index in [1.54, 1.807) is 24.4 Å². The Kier molecular flexibility index (Phi) is 4.58. The van der Waals surface area contributed by atoms with Crippen molar-refractivity contribution in [3.8, 4) is 0 Å². The standard InChI is InChI=1S/C15H19FN4O2S/c16-14-5-4-12(15-13(14)3-1-6-18-15)11-19-7-2-8-20(10-9-19)23(17,21)22/h1,3-6H,2,7-11H2,(H2,17,21,22). The Bertz CT molecular complexity index is 812. The van der Waals surface area contributed by atoms with Crippen LogP contribution in [0.2, 0.25) is 0 Å². The highest BCUT2D eigenvalue weighted by Crippen LogP contribution is 2.21. The lowest BCUT2D eigenvalue weighted by atomic mass is 10.1. The predicted molar refractivity (Wildman–Crippen MR) is 86.3 cm³/mol. The van der Waals surface area contributed by atoms with Crippen LogP contribution in [-0.4, -0.2) is 48.8 Å². The summed E-state index contributed by atoms with van der Waals surface area (Å²) < 4.78 is 38.1. The van der Waals surface area contributed by atoms with Gasteiger partial charge in [-0.1, -0.05) is 6.07 Å². The number of hydrogen-bond acceptors (Lipinski definition) is 4. The molecule has 1 aromatic heterocycles. The molecule has 1 fully saturated rings. The molecule has 2 heterocycles. The Morgan fingerprint density at radius 3 is 2.78 bits per heavy atom.